The fourth-order valence-electron chi connectivity index (χ4n) is 3.19. The van der Waals surface area contributed by atoms with Crippen LogP contribution < -0.4 is 18.9 Å². The van der Waals surface area contributed by atoms with Crippen molar-refractivity contribution in [2.45, 2.75) is 0 Å². The van der Waals surface area contributed by atoms with Gasteiger partial charge in [0.05, 0.1) is 26.7 Å². The van der Waals surface area contributed by atoms with Crippen LogP contribution in [0.4, 0.5) is 0 Å². The van der Waals surface area contributed by atoms with E-state index in [4.69, 9.17) is 23.7 Å². The minimum atomic E-state index is 0.0741. The van der Waals surface area contributed by atoms with E-state index in [0.29, 0.717) is 39.3 Å². The second-order valence-corrected chi connectivity index (χ2v) is 5.55. The highest BCUT2D eigenvalue weighted by Crippen LogP contribution is 2.48. The van der Waals surface area contributed by atoms with Crippen molar-refractivity contribution in [3.8, 4) is 23.0 Å². The Kier molecular flexibility index (Phi) is 5.14. The number of methoxy groups -OCH3 is 4. The lowest BCUT2D eigenvalue weighted by Crippen LogP contribution is -2.01. The smallest absolute Gasteiger partial charge is 0.188 e. The summed E-state index contributed by atoms with van der Waals surface area (Å²) in [5.41, 5.74) is 0.427. The van der Waals surface area contributed by atoms with Gasteiger partial charge in [0.1, 0.15) is 23.0 Å². The molecule has 0 aliphatic heterocycles. The molecule has 3 aromatic carbocycles. The van der Waals surface area contributed by atoms with Crippen LogP contribution in [0.1, 0.15) is 10.4 Å². The van der Waals surface area contributed by atoms with Crippen molar-refractivity contribution < 1.29 is 28.5 Å². The third-order valence-electron chi connectivity index (χ3n) is 4.21. The van der Waals surface area contributed by atoms with Crippen LogP contribution in [0.2, 0.25) is 0 Å². The average Bonchev–Trinajstić information content (AvgIpc) is 2.69. The van der Waals surface area contributed by atoms with Gasteiger partial charge in [-0.3, -0.25) is 4.79 Å². The second kappa shape index (κ2) is 7.49. The first kappa shape index (κ1) is 17.8. The maximum absolute atomic E-state index is 11.8. The van der Waals surface area contributed by atoms with Gasteiger partial charge < -0.3 is 23.7 Å². The predicted molar refractivity (Wildman–Crippen MR) is 99.0 cm³/mol. The first-order valence-electron chi connectivity index (χ1n) is 7.95. The van der Waals surface area contributed by atoms with Crippen molar-refractivity contribution in [2.75, 3.05) is 35.2 Å². The molecular weight excluding hydrogens is 336 g/mol. The van der Waals surface area contributed by atoms with Gasteiger partial charge >= 0.3 is 0 Å². The maximum Gasteiger partial charge on any atom is 0.188 e. The Labute approximate surface area is 151 Å². The lowest BCUT2D eigenvalue weighted by atomic mass is 9.96. The summed E-state index contributed by atoms with van der Waals surface area (Å²) in [4.78, 5) is 11.8. The number of benzene rings is 3. The standard InChI is InChI=1S/C20H20O6/c1-22-11-26-13-8-12(10-21)17-15(9-13)19(24-3)14-6-5-7-16(23-2)18(14)20(17)25-4/h5-10H,11H2,1-4H3. The Morgan fingerprint density at radius 1 is 0.885 bits per heavy atom. The van der Waals surface area contributed by atoms with Crippen molar-refractivity contribution in [1.82, 2.24) is 0 Å². The largest absolute Gasteiger partial charge is 0.496 e. The summed E-state index contributed by atoms with van der Waals surface area (Å²) in [5.74, 6) is 2.30. The number of fused-ring (bicyclic) bond motifs is 2. The summed E-state index contributed by atoms with van der Waals surface area (Å²) in [6.07, 6.45) is 0.769. The first-order chi connectivity index (χ1) is 12.7. The molecule has 0 aromatic heterocycles. The molecule has 0 saturated heterocycles. The fraction of sp³-hybridized carbons (Fsp3) is 0.250. The molecular formula is C20H20O6. The van der Waals surface area contributed by atoms with Gasteiger partial charge in [-0.1, -0.05) is 12.1 Å². The summed E-state index contributed by atoms with van der Waals surface area (Å²) < 4.78 is 27.4. The molecule has 0 heterocycles. The summed E-state index contributed by atoms with van der Waals surface area (Å²) in [5, 5.41) is 2.91. The molecule has 0 aliphatic carbocycles. The lowest BCUT2D eigenvalue weighted by Gasteiger charge is -2.18. The molecule has 0 N–H and O–H groups in total. The van der Waals surface area contributed by atoms with Gasteiger partial charge in [-0.15, -0.1) is 0 Å². The van der Waals surface area contributed by atoms with Gasteiger partial charge in [0.15, 0.2) is 13.1 Å². The van der Waals surface area contributed by atoms with Gasteiger partial charge in [-0.25, -0.2) is 0 Å². The van der Waals surface area contributed by atoms with E-state index in [1.807, 2.05) is 24.3 Å². The summed E-state index contributed by atoms with van der Waals surface area (Å²) in [6, 6.07) is 9.09. The van der Waals surface area contributed by atoms with Crippen molar-refractivity contribution >= 4 is 27.8 Å². The van der Waals surface area contributed by atoms with Crippen LogP contribution >= 0.6 is 0 Å². The zero-order chi connectivity index (χ0) is 18.7. The van der Waals surface area contributed by atoms with Crippen molar-refractivity contribution in [3.05, 3.63) is 35.9 Å². The van der Waals surface area contributed by atoms with E-state index in [2.05, 4.69) is 0 Å². The molecule has 0 bridgehead atoms. The van der Waals surface area contributed by atoms with E-state index in [1.165, 1.54) is 7.11 Å². The van der Waals surface area contributed by atoms with Crippen LogP contribution in [0, 0.1) is 0 Å². The van der Waals surface area contributed by atoms with E-state index in [-0.39, 0.29) is 6.79 Å². The quantitative estimate of drug-likeness (QED) is 0.364. The zero-order valence-corrected chi connectivity index (χ0v) is 15.1. The normalized spacial score (nSPS) is 10.8. The van der Waals surface area contributed by atoms with Gasteiger partial charge in [0, 0.05) is 28.8 Å². The molecule has 0 amide bonds. The molecule has 3 aromatic rings. The third-order valence-corrected chi connectivity index (χ3v) is 4.21. The average molecular weight is 356 g/mol. The van der Waals surface area contributed by atoms with Gasteiger partial charge in [0.25, 0.3) is 0 Å². The monoisotopic (exact) mass is 356 g/mol. The predicted octanol–water partition coefficient (Wildman–Crippen LogP) is 3.81. The number of aldehydes is 1. The Bertz CT molecular complexity index is 964. The van der Waals surface area contributed by atoms with Gasteiger partial charge in [0.2, 0.25) is 0 Å². The van der Waals surface area contributed by atoms with E-state index < -0.39 is 0 Å². The van der Waals surface area contributed by atoms with Gasteiger partial charge in [-0.2, -0.15) is 0 Å². The fourth-order valence-corrected chi connectivity index (χ4v) is 3.19. The van der Waals surface area contributed by atoms with E-state index in [0.717, 1.165) is 17.1 Å². The highest BCUT2D eigenvalue weighted by Gasteiger charge is 2.21. The highest BCUT2D eigenvalue weighted by atomic mass is 16.7. The Morgan fingerprint density at radius 3 is 2.27 bits per heavy atom. The van der Waals surface area contributed by atoms with Crippen molar-refractivity contribution in [2.24, 2.45) is 0 Å². The van der Waals surface area contributed by atoms with E-state index in [1.54, 1.807) is 27.4 Å². The molecule has 0 saturated carbocycles. The molecule has 136 valence electrons. The topological polar surface area (TPSA) is 63.2 Å². The van der Waals surface area contributed by atoms with Crippen LogP contribution in [0.3, 0.4) is 0 Å². The summed E-state index contributed by atoms with van der Waals surface area (Å²) >= 11 is 0. The molecule has 0 unspecified atom stereocenters. The molecule has 6 heteroatoms. The number of carbonyl (C=O) groups excluding carboxylic acids is 1. The lowest BCUT2D eigenvalue weighted by molar-refractivity contribution is 0.0511. The zero-order valence-electron chi connectivity index (χ0n) is 15.1. The number of carbonyl (C=O) groups is 1. The SMILES string of the molecule is COCOc1cc(C=O)c2c(OC)c3c(OC)cccc3c(OC)c2c1. The molecule has 0 aliphatic rings. The van der Waals surface area contributed by atoms with Crippen LogP contribution in [0.25, 0.3) is 21.5 Å². The van der Waals surface area contributed by atoms with Crippen LogP contribution in [-0.2, 0) is 4.74 Å². The number of hydrogen-bond acceptors (Lipinski definition) is 6. The number of ether oxygens (including phenoxy) is 5. The minimum absolute atomic E-state index is 0.0741. The molecule has 0 fully saturated rings. The van der Waals surface area contributed by atoms with E-state index >= 15 is 0 Å². The van der Waals surface area contributed by atoms with Crippen LogP contribution in [-0.4, -0.2) is 41.5 Å². The van der Waals surface area contributed by atoms with Crippen LogP contribution in [0.5, 0.6) is 23.0 Å². The first-order valence-corrected chi connectivity index (χ1v) is 7.95. The molecule has 0 atom stereocenters. The number of rotatable bonds is 7. The Balaban J connectivity index is 2.52. The van der Waals surface area contributed by atoms with E-state index in [9.17, 15) is 4.79 Å². The molecule has 3 rings (SSSR count). The minimum Gasteiger partial charge on any atom is -0.496 e. The van der Waals surface area contributed by atoms with Crippen molar-refractivity contribution in [1.29, 1.82) is 0 Å². The second-order valence-electron chi connectivity index (χ2n) is 5.55. The number of hydrogen-bond donors (Lipinski definition) is 0. The highest BCUT2D eigenvalue weighted by molar-refractivity contribution is 6.17. The maximum atomic E-state index is 11.8. The van der Waals surface area contributed by atoms with Crippen molar-refractivity contribution in [3.63, 3.8) is 0 Å². The van der Waals surface area contributed by atoms with Crippen LogP contribution in [0.15, 0.2) is 30.3 Å². The summed E-state index contributed by atoms with van der Waals surface area (Å²) in [7, 11) is 6.28. The van der Waals surface area contributed by atoms with Gasteiger partial charge in [-0.05, 0) is 18.2 Å². The molecule has 0 radical (unpaired) electrons. The molecule has 26 heavy (non-hydrogen) atoms. The third kappa shape index (κ3) is 2.78. The molecule has 6 nitrogen and oxygen atoms in total. The molecule has 0 spiro atoms. The Hall–Kier alpha value is -2.99. The Morgan fingerprint density at radius 2 is 1.65 bits per heavy atom. The summed E-state index contributed by atoms with van der Waals surface area (Å²) in [6.45, 7) is 0.0741.